The Morgan fingerprint density at radius 1 is 1.33 bits per heavy atom. The predicted molar refractivity (Wildman–Crippen MR) is 51.9 cm³/mol. The van der Waals surface area contributed by atoms with E-state index in [-0.39, 0.29) is 22.6 Å². The normalized spacial score (nSPS) is 9.47. The number of carboxylic acids is 1. The van der Waals surface area contributed by atoms with Crippen LogP contribution >= 0.6 is 0 Å². The summed E-state index contributed by atoms with van der Waals surface area (Å²) in [6, 6.07) is 2.85. The standard InChI is InChI=1S/C10H10O5/c1-14-7-4-3-6(5-11)8(10(12)13)9(7)15-2/h3-5H,1-2H3,(H,12,13). The number of hydrogen-bond acceptors (Lipinski definition) is 4. The third kappa shape index (κ3) is 1.90. The van der Waals surface area contributed by atoms with E-state index in [1.54, 1.807) is 0 Å². The number of aldehydes is 1. The van der Waals surface area contributed by atoms with E-state index in [9.17, 15) is 9.59 Å². The van der Waals surface area contributed by atoms with Gasteiger partial charge in [-0.25, -0.2) is 4.79 Å². The minimum Gasteiger partial charge on any atom is -0.493 e. The molecule has 0 amide bonds. The molecule has 0 aromatic heterocycles. The fourth-order valence-electron chi connectivity index (χ4n) is 1.26. The number of aromatic carboxylic acids is 1. The van der Waals surface area contributed by atoms with E-state index in [1.807, 2.05) is 0 Å². The zero-order valence-electron chi connectivity index (χ0n) is 8.31. The zero-order chi connectivity index (χ0) is 11.4. The Balaban J connectivity index is 3.51. The lowest BCUT2D eigenvalue weighted by molar-refractivity contribution is 0.0689. The fraction of sp³-hybridized carbons (Fsp3) is 0.200. The molecule has 0 saturated heterocycles. The van der Waals surface area contributed by atoms with E-state index in [0.29, 0.717) is 6.29 Å². The van der Waals surface area contributed by atoms with Gasteiger partial charge in [-0.2, -0.15) is 0 Å². The summed E-state index contributed by atoms with van der Waals surface area (Å²) in [5, 5.41) is 8.93. The molecule has 0 atom stereocenters. The molecule has 5 heteroatoms. The summed E-state index contributed by atoms with van der Waals surface area (Å²) in [6.45, 7) is 0. The van der Waals surface area contributed by atoms with Gasteiger partial charge in [-0.3, -0.25) is 4.79 Å². The molecular weight excluding hydrogens is 200 g/mol. The van der Waals surface area contributed by atoms with Crippen molar-refractivity contribution in [3.8, 4) is 11.5 Å². The Morgan fingerprint density at radius 2 is 2.00 bits per heavy atom. The Kier molecular flexibility index (Phi) is 3.28. The number of carbonyl (C=O) groups is 2. The predicted octanol–water partition coefficient (Wildman–Crippen LogP) is 1.21. The van der Waals surface area contributed by atoms with Crippen LogP contribution in [0.3, 0.4) is 0 Å². The molecular formula is C10H10O5. The van der Waals surface area contributed by atoms with E-state index in [2.05, 4.69) is 0 Å². The molecule has 0 radical (unpaired) electrons. The third-order valence-electron chi connectivity index (χ3n) is 1.92. The monoisotopic (exact) mass is 210 g/mol. The second-order valence-electron chi connectivity index (χ2n) is 2.69. The Bertz CT molecular complexity index is 397. The van der Waals surface area contributed by atoms with E-state index < -0.39 is 5.97 Å². The van der Waals surface area contributed by atoms with Crippen LogP contribution in [0.1, 0.15) is 20.7 Å². The largest absolute Gasteiger partial charge is 0.493 e. The molecule has 0 spiro atoms. The van der Waals surface area contributed by atoms with Crippen LogP contribution in [0.2, 0.25) is 0 Å². The van der Waals surface area contributed by atoms with E-state index in [4.69, 9.17) is 14.6 Å². The van der Waals surface area contributed by atoms with Crippen LogP contribution in [0.4, 0.5) is 0 Å². The van der Waals surface area contributed by atoms with Gasteiger partial charge in [0.25, 0.3) is 0 Å². The number of rotatable bonds is 4. The molecule has 1 rings (SSSR count). The van der Waals surface area contributed by atoms with Gasteiger partial charge in [0.2, 0.25) is 0 Å². The molecule has 1 aromatic rings. The van der Waals surface area contributed by atoms with Gasteiger partial charge in [0, 0.05) is 5.56 Å². The maximum atomic E-state index is 10.9. The van der Waals surface area contributed by atoms with E-state index >= 15 is 0 Å². The fourth-order valence-corrected chi connectivity index (χ4v) is 1.26. The number of carboxylic acid groups (broad SMARTS) is 1. The topological polar surface area (TPSA) is 72.8 Å². The van der Waals surface area contributed by atoms with Gasteiger partial charge in [0.05, 0.1) is 14.2 Å². The average Bonchev–Trinajstić information content (AvgIpc) is 2.26. The molecule has 0 fully saturated rings. The highest BCUT2D eigenvalue weighted by molar-refractivity contribution is 6.00. The molecule has 0 heterocycles. The lowest BCUT2D eigenvalue weighted by atomic mass is 10.1. The second kappa shape index (κ2) is 4.45. The first-order valence-electron chi connectivity index (χ1n) is 4.09. The summed E-state index contributed by atoms with van der Waals surface area (Å²) in [5.74, 6) is -0.900. The van der Waals surface area contributed by atoms with Crippen molar-refractivity contribution in [3.05, 3.63) is 23.3 Å². The van der Waals surface area contributed by atoms with E-state index in [0.717, 1.165) is 0 Å². The lowest BCUT2D eigenvalue weighted by Crippen LogP contribution is -2.06. The summed E-state index contributed by atoms with van der Waals surface area (Å²) in [5.41, 5.74) is -0.132. The molecule has 0 aliphatic rings. The molecule has 5 nitrogen and oxygen atoms in total. The summed E-state index contributed by atoms with van der Waals surface area (Å²) >= 11 is 0. The first kappa shape index (κ1) is 11.0. The van der Waals surface area contributed by atoms with Crippen LogP contribution in [-0.2, 0) is 0 Å². The number of hydrogen-bond donors (Lipinski definition) is 1. The van der Waals surface area contributed by atoms with Crippen LogP contribution in [0.25, 0.3) is 0 Å². The van der Waals surface area contributed by atoms with Crippen molar-refractivity contribution in [2.75, 3.05) is 14.2 Å². The van der Waals surface area contributed by atoms with Crippen LogP contribution in [-0.4, -0.2) is 31.6 Å². The molecule has 1 N–H and O–H groups in total. The molecule has 80 valence electrons. The van der Waals surface area contributed by atoms with Crippen molar-refractivity contribution in [1.82, 2.24) is 0 Å². The summed E-state index contributed by atoms with van der Waals surface area (Å²) < 4.78 is 9.83. The van der Waals surface area contributed by atoms with Gasteiger partial charge in [0.1, 0.15) is 5.56 Å². The summed E-state index contributed by atoms with van der Waals surface area (Å²) in [6.07, 6.45) is 0.464. The first-order chi connectivity index (χ1) is 7.15. The van der Waals surface area contributed by atoms with Gasteiger partial charge in [-0.15, -0.1) is 0 Å². The summed E-state index contributed by atoms with van der Waals surface area (Å²) in [7, 11) is 2.71. The highest BCUT2D eigenvalue weighted by atomic mass is 16.5. The number of methoxy groups -OCH3 is 2. The van der Waals surface area contributed by atoms with Crippen LogP contribution in [0.5, 0.6) is 11.5 Å². The molecule has 0 saturated carbocycles. The van der Waals surface area contributed by atoms with E-state index in [1.165, 1.54) is 26.4 Å². The van der Waals surface area contributed by atoms with Crippen molar-refractivity contribution in [1.29, 1.82) is 0 Å². The Labute approximate surface area is 86.2 Å². The number of carbonyl (C=O) groups excluding carboxylic acids is 1. The first-order valence-corrected chi connectivity index (χ1v) is 4.09. The maximum absolute atomic E-state index is 10.9. The maximum Gasteiger partial charge on any atom is 0.340 e. The minimum absolute atomic E-state index is 0.0506. The van der Waals surface area contributed by atoms with Gasteiger partial charge >= 0.3 is 5.97 Å². The molecule has 1 aromatic carbocycles. The van der Waals surface area contributed by atoms with Gasteiger partial charge in [-0.1, -0.05) is 0 Å². The van der Waals surface area contributed by atoms with Gasteiger partial charge in [0.15, 0.2) is 17.8 Å². The van der Waals surface area contributed by atoms with Gasteiger partial charge in [-0.05, 0) is 12.1 Å². The Hall–Kier alpha value is -2.04. The van der Waals surface area contributed by atoms with Crippen LogP contribution in [0.15, 0.2) is 12.1 Å². The van der Waals surface area contributed by atoms with Gasteiger partial charge < -0.3 is 14.6 Å². The number of ether oxygens (including phenoxy) is 2. The van der Waals surface area contributed by atoms with Crippen molar-refractivity contribution in [3.63, 3.8) is 0 Å². The molecule has 0 aliphatic heterocycles. The smallest absolute Gasteiger partial charge is 0.340 e. The summed E-state index contributed by atoms with van der Waals surface area (Å²) in [4.78, 5) is 21.6. The highest BCUT2D eigenvalue weighted by Gasteiger charge is 2.20. The molecule has 0 aliphatic carbocycles. The van der Waals surface area contributed by atoms with Crippen LogP contribution < -0.4 is 9.47 Å². The number of benzene rings is 1. The highest BCUT2D eigenvalue weighted by Crippen LogP contribution is 2.32. The molecule has 0 bridgehead atoms. The average molecular weight is 210 g/mol. The lowest BCUT2D eigenvalue weighted by Gasteiger charge is -2.11. The molecule has 15 heavy (non-hydrogen) atoms. The second-order valence-corrected chi connectivity index (χ2v) is 2.69. The zero-order valence-corrected chi connectivity index (χ0v) is 8.31. The quantitative estimate of drug-likeness (QED) is 0.756. The SMILES string of the molecule is COc1ccc(C=O)c(C(=O)O)c1OC. The van der Waals surface area contributed by atoms with Crippen molar-refractivity contribution in [2.24, 2.45) is 0 Å². The minimum atomic E-state index is -1.23. The van der Waals surface area contributed by atoms with Crippen molar-refractivity contribution >= 4 is 12.3 Å². The molecule has 0 unspecified atom stereocenters. The van der Waals surface area contributed by atoms with Crippen molar-refractivity contribution in [2.45, 2.75) is 0 Å². The van der Waals surface area contributed by atoms with Crippen LogP contribution in [0, 0.1) is 0 Å². The Morgan fingerprint density at radius 3 is 2.40 bits per heavy atom. The van der Waals surface area contributed by atoms with Crippen molar-refractivity contribution < 1.29 is 24.2 Å². The third-order valence-corrected chi connectivity index (χ3v) is 1.92.